The van der Waals surface area contributed by atoms with Crippen molar-refractivity contribution >= 4 is 23.9 Å². The predicted octanol–water partition coefficient (Wildman–Crippen LogP) is 1.64. The third kappa shape index (κ3) is 3.62. The normalized spacial score (nSPS) is 23.2. The zero-order valence-electron chi connectivity index (χ0n) is 14.9. The first kappa shape index (κ1) is 19.2. The van der Waals surface area contributed by atoms with Crippen molar-refractivity contribution in [2.24, 2.45) is 17.8 Å². The second-order valence-corrected chi connectivity index (χ2v) is 7.59. The van der Waals surface area contributed by atoms with Crippen molar-refractivity contribution in [3.8, 4) is 0 Å². The fourth-order valence-corrected chi connectivity index (χ4v) is 3.76. The van der Waals surface area contributed by atoms with Gasteiger partial charge in [-0.2, -0.15) is 0 Å². The molecule has 140 valence electrons. The van der Waals surface area contributed by atoms with Gasteiger partial charge in [-0.15, -0.1) is 0 Å². The number of urea groups is 1. The molecule has 2 fully saturated rings. The third-order valence-electron chi connectivity index (χ3n) is 5.69. The Morgan fingerprint density at radius 1 is 1.12 bits per heavy atom. The van der Waals surface area contributed by atoms with E-state index in [-0.39, 0.29) is 12.3 Å². The van der Waals surface area contributed by atoms with E-state index in [2.05, 4.69) is 0 Å². The number of amides is 3. The first-order valence-corrected chi connectivity index (χ1v) is 8.62. The number of rotatable bonds is 7. The van der Waals surface area contributed by atoms with Gasteiger partial charge in [0.1, 0.15) is 5.54 Å². The average Bonchev–Trinajstić information content (AvgIpc) is 3.08. The summed E-state index contributed by atoms with van der Waals surface area (Å²) in [7, 11) is 1.48. The van der Waals surface area contributed by atoms with Crippen LogP contribution in [0.1, 0.15) is 46.0 Å². The number of aliphatic carboxylic acids is 2. The van der Waals surface area contributed by atoms with Gasteiger partial charge < -0.3 is 15.1 Å². The van der Waals surface area contributed by atoms with Crippen LogP contribution in [0.4, 0.5) is 4.79 Å². The summed E-state index contributed by atoms with van der Waals surface area (Å²) >= 11 is 0. The van der Waals surface area contributed by atoms with Crippen molar-refractivity contribution in [3.05, 3.63) is 0 Å². The van der Waals surface area contributed by atoms with Crippen molar-refractivity contribution in [1.82, 2.24) is 9.80 Å². The summed E-state index contributed by atoms with van der Waals surface area (Å²) < 4.78 is 0. The summed E-state index contributed by atoms with van der Waals surface area (Å²) in [4.78, 5) is 50.3. The van der Waals surface area contributed by atoms with Crippen LogP contribution < -0.4 is 0 Å². The predicted molar refractivity (Wildman–Crippen MR) is 87.8 cm³/mol. The first-order valence-electron chi connectivity index (χ1n) is 8.62. The zero-order chi connectivity index (χ0) is 18.9. The smallest absolute Gasteiger partial charge is 0.327 e. The number of carbonyl (C=O) groups is 4. The van der Waals surface area contributed by atoms with Gasteiger partial charge in [-0.25, -0.2) is 4.79 Å². The minimum Gasteiger partial charge on any atom is -0.481 e. The van der Waals surface area contributed by atoms with Crippen molar-refractivity contribution in [2.75, 3.05) is 13.6 Å². The zero-order valence-corrected chi connectivity index (χ0v) is 14.9. The number of hydrogen-bond acceptors (Lipinski definition) is 4. The molecule has 3 amide bonds. The van der Waals surface area contributed by atoms with Crippen molar-refractivity contribution in [2.45, 2.75) is 51.5 Å². The van der Waals surface area contributed by atoms with E-state index in [1.165, 1.54) is 11.9 Å². The van der Waals surface area contributed by atoms with E-state index in [1.807, 2.05) is 0 Å². The second-order valence-electron chi connectivity index (χ2n) is 7.59. The van der Waals surface area contributed by atoms with Crippen LogP contribution in [0.3, 0.4) is 0 Å². The first-order chi connectivity index (χ1) is 11.6. The molecule has 0 bridgehead atoms. The summed E-state index contributed by atoms with van der Waals surface area (Å²) in [5, 5.41) is 19.1. The highest BCUT2D eigenvalue weighted by atomic mass is 16.4. The fraction of sp³-hybridized carbons (Fsp3) is 0.765. The lowest BCUT2D eigenvalue weighted by molar-refractivity contribution is -0.155. The Labute approximate surface area is 146 Å². The molecular weight excluding hydrogens is 328 g/mol. The van der Waals surface area contributed by atoms with E-state index in [0.717, 1.165) is 30.6 Å². The van der Waals surface area contributed by atoms with Crippen LogP contribution in [-0.2, 0) is 14.4 Å². The van der Waals surface area contributed by atoms with Crippen LogP contribution in [0.2, 0.25) is 0 Å². The Bertz CT molecular complexity index is 582. The average molecular weight is 354 g/mol. The van der Waals surface area contributed by atoms with Gasteiger partial charge in [0.2, 0.25) is 0 Å². The Kier molecular flexibility index (Phi) is 5.39. The molecule has 8 nitrogen and oxygen atoms in total. The molecule has 0 aromatic rings. The third-order valence-corrected chi connectivity index (χ3v) is 5.69. The van der Waals surface area contributed by atoms with E-state index in [1.54, 1.807) is 13.8 Å². The van der Waals surface area contributed by atoms with Crippen molar-refractivity contribution < 1.29 is 29.4 Å². The highest BCUT2D eigenvalue weighted by Crippen LogP contribution is 2.34. The van der Waals surface area contributed by atoms with Gasteiger partial charge in [-0.3, -0.25) is 19.3 Å². The lowest BCUT2D eigenvalue weighted by Gasteiger charge is -2.26. The van der Waals surface area contributed by atoms with Gasteiger partial charge in [0.25, 0.3) is 5.91 Å². The maximum absolute atomic E-state index is 12.5. The number of carboxylic acids is 2. The number of carboxylic acid groups (broad SMARTS) is 2. The fourth-order valence-electron chi connectivity index (χ4n) is 3.76. The molecule has 2 rings (SSSR count). The summed E-state index contributed by atoms with van der Waals surface area (Å²) in [5.74, 6) is -5.23. The van der Waals surface area contributed by atoms with Crippen LogP contribution in [-0.4, -0.2) is 63.0 Å². The summed E-state index contributed by atoms with van der Waals surface area (Å²) in [6.07, 6.45) is 4.11. The van der Waals surface area contributed by atoms with Crippen molar-refractivity contribution in [3.63, 3.8) is 0 Å². The summed E-state index contributed by atoms with van der Waals surface area (Å²) in [6.45, 7) is 2.75. The lowest BCUT2D eigenvalue weighted by atomic mass is 9.83. The van der Waals surface area contributed by atoms with Crippen LogP contribution in [0.15, 0.2) is 0 Å². The maximum atomic E-state index is 12.5. The molecular formula is C17H26N2O6. The molecule has 25 heavy (non-hydrogen) atoms. The molecule has 2 N–H and O–H groups in total. The highest BCUT2D eigenvalue weighted by molar-refractivity contribution is 6.06. The molecule has 0 aromatic heterocycles. The minimum absolute atomic E-state index is 0.187. The van der Waals surface area contributed by atoms with Gasteiger partial charge >= 0.3 is 18.0 Å². The number of carbonyl (C=O) groups excluding carboxylic acids is 2. The molecule has 2 aliphatic rings. The van der Waals surface area contributed by atoms with Gasteiger partial charge in [-0.1, -0.05) is 25.7 Å². The quantitative estimate of drug-likeness (QED) is 0.672. The van der Waals surface area contributed by atoms with E-state index in [4.69, 9.17) is 0 Å². The van der Waals surface area contributed by atoms with Crippen molar-refractivity contribution in [1.29, 1.82) is 0 Å². The van der Waals surface area contributed by atoms with Gasteiger partial charge in [-0.05, 0) is 26.2 Å². The molecule has 8 heteroatoms. The highest BCUT2D eigenvalue weighted by Gasteiger charge is 2.51. The summed E-state index contributed by atoms with van der Waals surface area (Å²) in [5.41, 5.74) is -1.07. The number of imide groups is 1. The Morgan fingerprint density at radius 3 is 2.04 bits per heavy atom. The van der Waals surface area contributed by atoms with Gasteiger partial charge in [0.15, 0.2) is 0 Å². The Hall–Kier alpha value is -2.12. The standard InChI is InChI=1S/C17H26N2O6/c1-17(2)15(24)19(16(25)18(17)3)9-12(14(22)23)11(13(20)21)8-10-6-4-5-7-10/h10-12H,4-9H2,1-3H3,(H,20,21)(H,22,23)/t11-,12+/m1/s1. The monoisotopic (exact) mass is 354 g/mol. The largest absolute Gasteiger partial charge is 0.481 e. The molecule has 0 unspecified atom stereocenters. The van der Waals surface area contributed by atoms with Crippen LogP contribution in [0, 0.1) is 17.8 Å². The molecule has 0 aromatic carbocycles. The Morgan fingerprint density at radius 2 is 1.64 bits per heavy atom. The number of hydrogen-bond donors (Lipinski definition) is 2. The molecule has 1 aliphatic carbocycles. The molecule has 2 atom stereocenters. The van der Waals surface area contributed by atoms with E-state index in [0.29, 0.717) is 0 Å². The molecule has 1 aliphatic heterocycles. The van der Waals surface area contributed by atoms with E-state index >= 15 is 0 Å². The molecule has 0 radical (unpaired) electrons. The molecule has 1 saturated carbocycles. The lowest BCUT2D eigenvalue weighted by Crippen LogP contribution is -2.44. The number of nitrogens with zero attached hydrogens (tertiary/aromatic N) is 2. The molecule has 0 spiro atoms. The van der Waals surface area contributed by atoms with Crippen LogP contribution in [0.25, 0.3) is 0 Å². The topological polar surface area (TPSA) is 115 Å². The van der Waals surface area contributed by atoms with Gasteiger partial charge in [0.05, 0.1) is 11.8 Å². The molecule has 1 heterocycles. The van der Waals surface area contributed by atoms with E-state index in [9.17, 15) is 29.4 Å². The minimum atomic E-state index is -1.31. The second kappa shape index (κ2) is 7.01. The van der Waals surface area contributed by atoms with Crippen LogP contribution in [0.5, 0.6) is 0 Å². The van der Waals surface area contributed by atoms with Gasteiger partial charge in [0, 0.05) is 13.6 Å². The summed E-state index contributed by atoms with van der Waals surface area (Å²) in [6, 6.07) is -0.591. The maximum Gasteiger partial charge on any atom is 0.327 e. The molecule has 1 saturated heterocycles. The van der Waals surface area contributed by atoms with Crippen LogP contribution >= 0.6 is 0 Å². The SMILES string of the molecule is CN1C(=O)N(C[C@H](C(=O)O)[C@@H](CC2CCCC2)C(=O)O)C(=O)C1(C)C. The number of likely N-dealkylation sites (N-methyl/N-ethyl adjacent to an activating group) is 1. The van der Waals surface area contributed by atoms with E-state index < -0.39 is 47.8 Å². The Balaban J connectivity index is 2.21.